The van der Waals surface area contributed by atoms with Crippen molar-refractivity contribution >= 4 is 23.2 Å². The number of hydrogen-bond acceptors (Lipinski definition) is 5. The Morgan fingerprint density at radius 2 is 2.05 bits per heavy atom. The fourth-order valence-corrected chi connectivity index (χ4v) is 2.69. The van der Waals surface area contributed by atoms with E-state index in [1.54, 1.807) is 30.3 Å². The Morgan fingerprint density at radius 3 is 2.64 bits per heavy atom. The van der Waals surface area contributed by atoms with Crippen LogP contribution in [-0.2, 0) is 21.7 Å². The van der Waals surface area contributed by atoms with E-state index in [1.807, 2.05) is 0 Å². The van der Waals surface area contributed by atoms with Crippen LogP contribution in [0.25, 0.3) is 0 Å². The van der Waals surface area contributed by atoms with E-state index >= 15 is 0 Å². The first-order valence-corrected chi connectivity index (χ1v) is 7.39. The van der Waals surface area contributed by atoms with Gasteiger partial charge >= 0.3 is 5.97 Å². The van der Waals surface area contributed by atoms with Crippen LogP contribution < -0.4 is 5.32 Å². The fraction of sp³-hybridized carbons (Fsp3) is 0.267. The summed E-state index contributed by atoms with van der Waals surface area (Å²) >= 11 is 1.15. The molecule has 0 aliphatic heterocycles. The van der Waals surface area contributed by atoms with Gasteiger partial charge in [-0.05, 0) is 12.5 Å². The van der Waals surface area contributed by atoms with Gasteiger partial charge in [0.05, 0.1) is 17.8 Å². The van der Waals surface area contributed by atoms with Gasteiger partial charge in [0.1, 0.15) is 4.88 Å². The van der Waals surface area contributed by atoms with E-state index in [0.717, 1.165) is 11.3 Å². The lowest BCUT2D eigenvalue weighted by atomic mass is 9.92. The van der Waals surface area contributed by atoms with Gasteiger partial charge in [-0.1, -0.05) is 30.3 Å². The van der Waals surface area contributed by atoms with Crippen molar-refractivity contribution < 1.29 is 19.4 Å². The number of amides is 1. The smallest absolute Gasteiger partial charge is 0.333 e. The van der Waals surface area contributed by atoms with Gasteiger partial charge in [-0.3, -0.25) is 4.79 Å². The Labute approximate surface area is 131 Å². The van der Waals surface area contributed by atoms with E-state index in [9.17, 15) is 14.7 Å². The van der Waals surface area contributed by atoms with E-state index in [-0.39, 0.29) is 6.61 Å². The van der Waals surface area contributed by atoms with Gasteiger partial charge in [-0.2, -0.15) is 0 Å². The zero-order valence-corrected chi connectivity index (χ0v) is 13.0. The van der Waals surface area contributed by atoms with Crippen LogP contribution in [0.4, 0.5) is 0 Å². The van der Waals surface area contributed by atoms with Gasteiger partial charge in [-0.15, -0.1) is 11.3 Å². The van der Waals surface area contributed by atoms with Crippen molar-refractivity contribution in [2.75, 3.05) is 7.11 Å². The van der Waals surface area contributed by atoms with Gasteiger partial charge in [0, 0.05) is 7.11 Å². The number of benzene rings is 1. The minimum atomic E-state index is -1.52. The van der Waals surface area contributed by atoms with Gasteiger partial charge in [0.2, 0.25) is 0 Å². The molecule has 7 heteroatoms. The number of nitrogens with one attached hydrogen (secondary N) is 1. The van der Waals surface area contributed by atoms with Crippen LogP contribution in [0.2, 0.25) is 0 Å². The van der Waals surface area contributed by atoms with Crippen LogP contribution in [0.5, 0.6) is 0 Å². The number of ether oxygens (including phenoxy) is 1. The van der Waals surface area contributed by atoms with Crippen LogP contribution >= 0.6 is 11.3 Å². The highest BCUT2D eigenvalue weighted by atomic mass is 32.1. The first kappa shape index (κ1) is 16.1. The Hall–Kier alpha value is -2.25. The number of carbonyl (C=O) groups excluding carboxylic acids is 1. The van der Waals surface area contributed by atoms with Crippen molar-refractivity contribution in [3.63, 3.8) is 0 Å². The van der Waals surface area contributed by atoms with Gasteiger partial charge in [0.15, 0.2) is 5.54 Å². The first-order valence-electron chi connectivity index (χ1n) is 6.51. The lowest BCUT2D eigenvalue weighted by Crippen LogP contribution is -2.49. The molecule has 0 aliphatic rings. The largest absolute Gasteiger partial charge is 0.479 e. The quantitative estimate of drug-likeness (QED) is 0.850. The second-order valence-corrected chi connectivity index (χ2v) is 5.67. The Balaban J connectivity index is 2.30. The number of methoxy groups -OCH3 is 1. The molecule has 2 rings (SSSR count). The normalized spacial score (nSPS) is 13.4. The third-order valence-electron chi connectivity index (χ3n) is 3.27. The lowest BCUT2D eigenvalue weighted by Gasteiger charge is -2.26. The Bertz CT molecular complexity index is 671. The summed E-state index contributed by atoms with van der Waals surface area (Å²) in [5.41, 5.74) is 0.996. The molecule has 0 bridgehead atoms. The van der Waals surface area contributed by atoms with Crippen LogP contribution in [-0.4, -0.2) is 29.1 Å². The maximum atomic E-state index is 12.4. The minimum Gasteiger partial charge on any atom is -0.479 e. The molecular formula is C15H16N2O4S. The topological polar surface area (TPSA) is 88.5 Å². The third kappa shape index (κ3) is 3.15. The summed E-state index contributed by atoms with van der Waals surface area (Å²) in [5, 5.41) is 12.1. The van der Waals surface area contributed by atoms with Crippen LogP contribution in [0.15, 0.2) is 35.8 Å². The van der Waals surface area contributed by atoms with Crippen LogP contribution in [0.1, 0.15) is 27.9 Å². The van der Waals surface area contributed by atoms with Crippen LogP contribution in [0.3, 0.4) is 0 Å². The molecule has 22 heavy (non-hydrogen) atoms. The SMILES string of the molecule is COCc1ncsc1C(=O)NC(C)(C(=O)O)c1ccccc1. The monoisotopic (exact) mass is 320 g/mol. The predicted octanol–water partition coefficient (Wildman–Crippen LogP) is 2.02. The van der Waals surface area contributed by atoms with Crippen molar-refractivity contribution in [3.05, 3.63) is 52.0 Å². The highest BCUT2D eigenvalue weighted by Crippen LogP contribution is 2.23. The molecule has 1 amide bonds. The molecule has 0 radical (unpaired) electrons. The molecule has 2 N–H and O–H groups in total. The molecule has 0 spiro atoms. The standard InChI is InChI=1S/C15H16N2O4S/c1-15(14(19)20,10-6-4-3-5-7-10)17-13(18)12-11(8-21-2)16-9-22-12/h3-7,9H,8H2,1-2H3,(H,17,18)(H,19,20). The molecular weight excluding hydrogens is 304 g/mol. The van der Waals surface area contributed by atoms with Crippen molar-refractivity contribution in [1.29, 1.82) is 0 Å². The molecule has 0 saturated heterocycles. The molecule has 6 nitrogen and oxygen atoms in total. The zero-order valence-electron chi connectivity index (χ0n) is 12.2. The maximum absolute atomic E-state index is 12.4. The average molecular weight is 320 g/mol. The molecule has 1 heterocycles. The molecule has 0 aliphatic carbocycles. The number of aromatic nitrogens is 1. The third-order valence-corrected chi connectivity index (χ3v) is 4.14. The summed E-state index contributed by atoms with van der Waals surface area (Å²) in [4.78, 5) is 28.5. The molecule has 1 aromatic carbocycles. The first-order chi connectivity index (χ1) is 10.5. The van der Waals surface area contributed by atoms with E-state index < -0.39 is 17.4 Å². The molecule has 116 valence electrons. The number of nitrogens with zero attached hydrogens (tertiary/aromatic N) is 1. The van der Waals surface area contributed by atoms with E-state index in [4.69, 9.17) is 4.74 Å². The molecule has 1 unspecified atom stereocenters. The maximum Gasteiger partial charge on any atom is 0.333 e. The van der Waals surface area contributed by atoms with Gasteiger partial charge in [-0.25, -0.2) is 9.78 Å². The zero-order chi connectivity index (χ0) is 16.2. The second-order valence-electron chi connectivity index (χ2n) is 4.81. The Kier molecular flexibility index (Phi) is 4.89. The van der Waals surface area contributed by atoms with Gasteiger partial charge in [0.25, 0.3) is 5.91 Å². The van der Waals surface area contributed by atoms with Crippen molar-refractivity contribution in [1.82, 2.24) is 10.3 Å². The van der Waals surface area contributed by atoms with E-state index in [0.29, 0.717) is 16.1 Å². The Morgan fingerprint density at radius 1 is 1.36 bits per heavy atom. The molecule has 0 saturated carbocycles. The summed E-state index contributed by atoms with van der Waals surface area (Å²) in [6.45, 7) is 1.65. The molecule has 1 atom stereocenters. The molecule has 2 aromatic rings. The summed E-state index contributed by atoms with van der Waals surface area (Å²) in [7, 11) is 1.51. The van der Waals surface area contributed by atoms with E-state index in [2.05, 4.69) is 10.3 Å². The highest BCUT2D eigenvalue weighted by Gasteiger charge is 2.37. The number of carboxylic acids is 1. The summed E-state index contributed by atoms with van der Waals surface area (Å²) in [6.07, 6.45) is 0. The highest BCUT2D eigenvalue weighted by molar-refractivity contribution is 7.11. The number of carbonyl (C=O) groups is 2. The minimum absolute atomic E-state index is 0.196. The summed E-state index contributed by atoms with van der Waals surface area (Å²) in [6, 6.07) is 8.57. The number of aliphatic carboxylic acids is 1. The van der Waals surface area contributed by atoms with Crippen molar-refractivity contribution in [3.8, 4) is 0 Å². The second kappa shape index (κ2) is 6.67. The van der Waals surface area contributed by atoms with Crippen molar-refractivity contribution in [2.45, 2.75) is 19.1 Å². The summed E-state index contributed by atoms with van der Waals surface area (Å²) in [5.74, 6) is -1.62. The van der Waals surface area contributed by atoms with E-state index in [1.165, 1.54) is 19.5 Å². The van der Waals surface area contributed by atoms with Crippen LogP contribution in [0, 0.1) is 0 Å². The van der Waals surface area contributed by atoms with Gasteiger partial charge < -0.3 is 15.2 Å². The molecule has 0 fully saturated rings. The lowest BCUT2D eigenvalue weighted by molar-refractivity contribution is -0.144. The number of carboxylic acid groups (broad SMARTS) is 1. The average Bonchev–Trinajstić information content (AvgIpc) is 2.96. The number of thiazole rings is 1. The number of rotatable bonds is 6. The molecule has 1 aromatic heterocycles. The van der Waals surface area contributed by atoms with Crippen molar-refractivity contribution in [2.24, 2.45) is 0 Å². The predicted molar refractivity (Wildman–Crippen MR) is 81.7 cm³/mol. The number of hydrogen-bond donors (Lipinski definition) is 2. The summed E-state index contributed by atoms with van der Waals surface area (Å²) < 4.78 is 4.99. The fourth-order valence-electron chi connectivity index (χ4n) is 2.00.